The fraction of sp³-hybridized carbons (Fsp3) is 0.636. The van der Waals surface area contributed by atoms with Gasteiger partial charge in [-0.25, -0.2) is 4.79 Å². The lowest BCUT2D eigenvalue weighted by Crippen LogP contribution is -2.54. The number of benzene rings is 1. The van der Waals surface area contributed by atoms with Gasteiger partial charge in [-0.1, -0.05) is 30.7 Å². The monoisotopic (exact) mass is 424 g/mol. The third-order valence-corrected chi connectivity index (χ3v) is 5.23. The lowest BCUT2D eigenvalue weighted by Gasteiger charge is -2.39. The number of hydrogen-bond acceptors (Lipinski definition) is 4. The molecule has 2 rings (SSSR count). The summed E-state index contributed by atoms with van der Waals surface area (Å²) in [6.45, 7) is 12.6. The standard InChI is InChI=1S/C22H33ClN2O4/c1-15-13-25(20(27)29-21(2,3)4)12-11-17(15)24-19(26)22(5,6)14-28-18-10-8-7-9-16(18)23/h7-10,15,17H,11-14H2,1-6H3,(H,24,26). The first-order valence-corrected chi connectivity index (χ1v) is 10.4. The summed E-state index contributed by atoms with van der Waals surface area (Å²) in [5.41, 5.74) is -1.24. The zero-order chi connectivity index (χ0) is 21.8. The van der Waals surface area contributed by atoms with Crippen molar-refractivity contribution >= 4 is 23.6 Å². The van der Waals surface area contributed by atoms with Crippen LogP contribution in [0.5, 0.6) is 5.75 Å². The quantitative estimate of drug-likeness (QED) is 0.755. The maximum Gasteiger partial charge on any atom is 0.410 e. The maximum atomic E-state index is 12.9. The Bertz CT molecular complexity index is 730. The van der Waals surface area contributed by atoms with Gasteiger partial charge in [0.15, 0.2) is 0 Å². The molecule has 0 bridgehead atoms. The highest BCUT2D eigenvalue weighted by Crippen LogP contribution is 2.27. The molecule has 0 aromatic heterocycles. The fourth-order valence-electron chi connectivity index (χ4n) is 3.10. The van der Waals surface area contributed by atoms with Crippen molar-refractivity contribution in [2.75, 3.05) is 19.7 Å². The molecule has 6 nitrogen and oxygen atoms in total. The molecule has 0 saturated carbocycles. The van der Waals surface area contributed by atoms with Crippen molar-refractivity contribution in [3.05, 3.63) is 29.3 Å². The van der Waals surface area contributed by atoms with Crippen molar-refractivity contribution in [2.45, 2.75) is 59.6 Å². The van der Waals surface area contributed by atoms with Crippen molar-refractivity contribution in [3.63, 3.8) is 0 Å². The third-order valence-electron chi connectivity index (χ3n) is 4.91. The Balaban J connectivity index is 1.88. The molecule has 7 heteroatoms. The number of rotatable bonds is 5. The molecule has 1 saturated heterocycles. The van der Waals surface area contributed by atoms with Crippen molar-refractivity contribution in [2.24, 2.45) is 11.3 Å². The topological polar surface area (TPSA) is 67.9 Å². The second-order valence-electron chi connectivity index (χ2n) is 9.38. The van der Waals surface area contributed by atoms with Crippen molar-refractivity contribution in [1.29, 1.82) is 0 Å². The zero-order valence-corrected chi connectivity index (χ0v) is 19.0. The lowest BCUT2D eigenvalue weighted by atomic mass is 9.89. The predicted molar refractivity (Wildman–Crippen MR) is 114 cm³/mol. The van der Waals surface area contributed by atoms with Gasteiger partial charge in [0.2, 0.25) is 5.91 Å². The molecule has 2 amide bonds. The van der Waals surface area contributed by atoms with E-state index in [1.165, 1.54) is 0 Å². The van der Waals surface area contributed by atoms with E-state index >= 15 is 0 Å². The van der Waals surface area contributed by atoms with E-state index < -0.39 is 11.0 Å². The summed E-state index contributed by atoms with van der Waals surface area (Å²) in [4.78, 5) is 26.9. The molecule has 1 fully saturated rings. The van der Waals surface area contributed by atoms with Crippen LogP contribution in [0.2, 0.25) is 5.02 Å². The molecule has 0 aliphatic carbocycles. The minimum absolute atomic E-state index is 0.000718. The van der Waals surface area contributed by atoms with Crippen molar-refractivity contribution in [3.8, 4) is 5.75 Å². The number of amides is 2. The number of carbonyl (C=O) groups excluding carboxylic acids is 2. The number of para-hydroxylation sites is 1. The summed E-state index contributed by atoms with van der Waals surface area (Å²) >= 11 is 6.12. The molecule has 2 unspecified atom stereocenters. The average Bonchev–Trinajstić information content (AvgIpc) is 2.61. The lowest BCUT2D eigenvalue weighted by molar-refractivity contribution is -0.132. The summed E-state index contributed by atoms with van der Waals surface area (Å²) in [5.74, 6) is 0.613. The number of hydrogen-bond donors (Lipinski definition) is 1. The number of halogens is 1. The van der Waals surface area contributed by atoms with E-state index in [2.05, 4.69) is 5.32 Å². The number of piperidine rings is 1. The molecule has 162 valence electrons. The van der Waals surface area contributed by atoms with Crippen LogP contribution in [0.25, 0.3) is 0 Å². The summed E-state index contributed by atoms with van der Waals surface area (Å²) < 4.78 is 11.2. The van der Waals surface area contributed by atoms with Gasteiger partial charge in [-0.2, -0.15) is 0 Å². The Labute approximate surface area is 178 Å². The fourth-order valence-corrected chi connectivity index (χ4v) is 3.29. The highest BCUT2D eigenvalue weighted by Gasteiger charge is 2.35. The Morgan fingerprint density at radius 3 is 2.45 bits per heavy atom. The van der Waals surface area contributed by atoms with Crippen LogP contribution in [0.15, 0.2) is 24.3 Å². The van der Waals surface area contributed by atoms with Crippen LogP contribution < -0.4 is 10.1 Å². The highest BCUT2D eigenvalue weighted by molar-refractivity contribution is 6.32. The number of ether oxygens (including phenoxy) is 2. The molecular weight excluding hydrogens is 392 g/mol. The van der Waals surface area contributed by atoms with E-state index in [1.807, 2.05) is 53.7 Å². The average molecular weight is 425 g/mol. The van der Waals surface area contributed by atoms with Crippen LogP contribution >= 0.6 is 11.6 Å². The summed E-state index contributed by atoms with van der Waals surface area (Å²) in [6, 6.07) is 7.21. The van der Waals surface area contributed by atoms with Crippen molar-refractivity contribution < 1.29 is 19.1 Å². The molecule has 1 aliphatic rings. The molecule has 0 spiro atoms. The van der Waals surface area contributed by atoms with E-state index in [0.717, 1.165) is 0 Å². The van der Waals surface area contributed by atoms with Crippen LogP contribution in [0.4, 0.5) is 4.79 Å². The van der Waals surface area contributed by atoms with Gasteiger partial charge in [0.25, 0.3) is 0 Å². The van der Waals surface area contributed by atoms with Gasteiger partial charge in [-0.05, 0) is 59.1 Å². The van der Waals surface area contributed by atoms with E-state index in [0.29, 0.717) is 30.3 Å². The number of carbonyl (C=O) groups is 2. The van der Waals surface area contributed by atoms with E-state index in [-0.39, 0.29) is 30.6 Å². The molecule has 1 aromatic carbocycles. The van der Waals surface area contributed by atoms with Gasteiger partial charge in [0.05, 0.1) is 10.4 Å². The first kappa shape index (κ1) is 23.3. The van der Waals surface area contributed by atoms with E-state index in [1.54, 1.807) is 17.0 Å². The first-order valence-electron chi connectivity index (χ1n) is 10.1. The molecule has 1 aliphatic heterocycles. The molecule has 1 N–H and O–H groups in total. The Hall–Kier alpha value is -1.95. The minimum atomic E-state index is -0.721. The molecular formula is C22H33ClN2O4. The van der Waals surface area contributed by atoms with Crippen LogP contribution in [0.3, 0.4) is 0 Å². The molecule has 0 radical (unpaired) electrons. The molecule has 1 aromatic rings. The Morgan fingerprint density at radius 1 is 1.21 bits per heavy atom. The van der Waals surface area contributed by atoms with Crippen LogP contribution in [-0.2, 0) is 9.53 Å². The van der Waals surface area contributed by atoms with Gasteiger partial charge in [0.1, 0.15) is 18.0 Å². The van der Waals surface area contributed by atoms with Gasteiger partial charge in [-0.3, -0.25) is 4.79 Å². The molecule has 1 heterocycles. The normalized spacial score (nSPS) is 20.2. The van der Waals surface area contributed by atoms with Crippen LogP contribution in [0, 0.1) is 11.3 Å². The van der Waals surface area contributed by atoms with Gasteiger partial charge < -0.3 is 19.7 Å². The summed E-state index contributed by atoms with van der Waals surface area (Å²) in [7, 11) is 0. The Kier molecular flexibility index (Phi) is 7.44. The second-order valence-corrected chi connectivity index (χ2v) is 9.78. The maximum absolute atomic E-state index is 12.9. The minimum Gasteiger partial charge on any atom is -0.491 e. The van der Waals surface area contributed by atoms with E-state index in [4.69, 9.17) is 21.1 Å². The largest absolute Gasteiger partial charge is 0.491 e. The van der Waals surface area contributed by atoms with Crippen LogP contribution in [-0.4, -0.2) is 48.2 Å². The zero-order valence-electron chi connectivity index (χ0n) is 18.3. The SMILES string of the molecule is CC1CN(C(=O)OC(C)(C)C)CCC1NC(=O)C(C)(C)COc1ccccc1Cl. The molecule has 29 heavy (non-hydrogen) atoms. The van der Waals surface area contributed by atoms with Gasteiger partial charge in [0, 0.05) is 19.1 Å². The molecule has 2 atom stereocenters. The number of nitrogens with zero attached hydrogens (tertiary/aromatic N) is 1. The van der Waals surface area contributed by atoms with E-state index in [9.17, 15) is 9.59 Å². The van der Waals surface area contributed by atoms with Gasteiger partial charge in [-0.15, -0.1) is 0 Å². The summed E-state index contributed by atoms with van der Waals surface area (Å²) in [6.07, 6.45) is 0.385. The number of nitrogens with one attached hydrogen (secondary N) is 1. The van der Waals surface area contributed by atoms with Crippen molar-refractivity contribution in [1.82, 2.24) is 10.2 Å². The Morgan fingerprint density at radius 2 is 1.86 bits per heavy atom. The highest BCUT2D eigenvalue weighted by atomic mass is 35.5. The van der Waals surface area contributed by atoms with Gasteiger partial charge >= 0.3 is 6.09 Å². The van der Waals surface area contributed by atoms with Crippen LogP contribution in [0.1, 0.15) is 48.0 Å². The smallest absolute Gasteiger partial charge is 0.410 e. The first-order chi connectivity index (χ1) is 13.4. The number of likely N-dealkylation sites (tertiary alicyclic amines) is 1. The predicted octanol–water partition coefficient (Wildman–Crippen LogP) is 4.51. The second kappa shape index (κ2) is 9.24. The third kappa shape index (κ3) is 6.81. The summed E-state index contributed by atoms with van der Waals surface area (Å²) in [5, 5.41) is 3.66.